The average Bonchev–Trinajstić information content (AvgIpc) is 2.53. The van der Waals surface area contributed by atoms with Gasteiger partial charge in [0.2, 0.25) is 0 Å². The van der Waals surface area contributed by atoms with Crippen molar-refractivity contribution in [3.63, 3.8) is 0 Å². The molecular weight excluding hydrogens is 285 g/mol. The highest BCUT2D eigenvalue weighted by Gasteiger charge is 2.29. The van der Waals surface area contributed by atoms with E-state index in [2.05, 4.69) is 61.9 Å². The van der Waals surface area contributed by atoms with Gasteiger partial charge in [-0.3, -0.25) is 0 Å². The largest absolute Gasteiger partial charge is 0.380 e. The van der Waals surface area contributed by atoms with Gasteiger partial charge in [-0.1, -0.05) is 48.0 Å². The van der Waals surface area contributed by atoms with Crippen LogP contribution in [0.5, 0.6) is 0 Å². The number of rotatable bonds is 3. The number of hydrogen-bond acceptors (Lipinski definition) is 2. The fourth-order valence-electron chi connectivity index (χ4n) is 2.81. The summed E-state index contributed by atoms with van der Waals surface area (Å²) < 4.78 is 0.0819. The fourth-order valence-corrected chi connectivity index (χ4v) is 3.16. The van der Waals surface area contributed by atoms with Gasteiger partial charge in [-0.15, -0.1) is 0 Å². The molecule has 2 radical (unpaired) electrons. The Bertz CT molecular complexity index is 710. The number of thioether (sulfide) groups is 1. The fraction of sp³-hybridized carbons (Fsp3) is 0.263. The molecule has 1 atom stereocenters. The zero-order valence-corrected chi connectivity index (χ0v) is 14.1. The minimum absolute atomic E-state index is 0.0819. The van der Waals surface area contributed by atoms with E-state index in [4.69, 9.17) is 7.85 Å². The highest BCUT2D eigenvalue weighted by Crippen LogP contribution is 2.39. The summed E-state index contributed by atoms with van der Waals surface area (Å²) in [4.78, 5) is 0. The normalized spacial score (nSPS) is 20.5. The third-order valence-corrected chi connectivity index (χ3v) is 5.61. The van der Waals surface area contributed by atoms with Crippen LogP contribution in [-0.4, -0.2) is 24.9 Å². The van der Waals surface area contributed by atoms with Crippen molar-refractivity contribution in [2.24, 2.45) is 0 Å². The molecule has 1 nitrogen and oxygen atoms in total. The molecule has 0 amide bonds. The van der Waals surface area contributed by atoms with Gasteiger partial charge in [0.25, 0.3) is 0 Å². The lowest BCUT2D eigenvalue weighted by atomic mass is 9.80. The number of benzene rings is 1. The highest BCUT2D eigenvalue weighted by atomic mass is 32.2. The summed E-state index contributed by atoms with van der Waals surface area (Å²) >= 11 is 1.87. The van der Waals surface area contributed by atoms with Crippen molar-refractivity contribution in [3.05, 3.63) is 71.5 Å². The van der Waals surface area contributed by atoms with Crippen LogP contribution < -0.4 is 10.8 Å². The molecule has 1 heterocycles. The Morgan fingerprint density at radius 2 is 2.05 bits per heavy atom. The lowest BCUT2D eigenvalue weighted by molar-refractivity contribution is 0.787. The molecule has 1 aliphatic carbocycles. The molecule has 1 unspecified atom stereocenters. The van der Waals surface area contributed by atoms with Gasteiger partial charge in [0, 0.05) is 4.75 Å². The third-order valence-electron chi connectivity index (χ3n) is 4.35. The Morgan fingerprint density at radius 3 is 2.77 bits per heavy atom. The van der Waals surface area contributed by atoms with Crippen molar-refractivity contribution >= 4 is 30.6 Å². The maximum absolute atomic E-state index is 5.98. The van der Waals surface area contributed by atoms with Crippen LogP contribution in [0.25, 0.3) is 5.57 Å². The van der Waals surface area contributed by atoms with Crippen molar-refractivity contribution in [1.82, 2.24) is 5.32 Å². The first-order valence-corrected chi connectivity index (χ1v) is 8.71. The quantitative estimate of drug-likeness (QED) is 0.860. The highest BCUT2D eigenvalue weighted by molar-refractivity contribution is 8.00. The smallest absolute Gasteiger partial charge is 0.113 e. The molecule has 0 saturated heterocycles. The SMILES string of the molecule is [B]c1cccc(C2=CC(C(C)(C)SC)=CC3=CC=CNC32)c1. The number of fused-ring (bicyclic) bond motifs is 1. The second kappa shape index (κ2) is 5.88. The molecule has 1 aromatic carbocycles. The number of nitrogens with one attached hydrogen (secondary N) is 1. The Labute approximate surface area is 138 Å². The van der Waals surface area contributed by atoms with Gasteiger partial charge in [0.1, 0.15) is 7.85 Å². The Balaban J connectivity index is 2.12. The summed E-state index contributed by atoms with van der Waals surface area (Å²) in [6.45, 7) is 4.54. The predicted octanol–water partition coefficient (Wildman–Crippen LogP) is 3.36. The standard InChI is InChI=1S/C19H20BNS/c1-19(2,22-3)15-10-14-7-5-9-21-18(14)17(12-15)13-6-4-8-16(20)11-13/h4-12,18,21H,1-3H3. The van der Waals surface area contributed by atoms with E-state index in [0.29, 0.717) is 0 Å². The second-order valence-electron chi connectivity index (χ2n) is 6.16. The first-order chi connectivity index (χ1) is 10.5. The van der Waals surface area contributed by atoms with Gasteiger partial charge in [0.15, 0.2) is 0 Å². The van der Waals surface area contributed by atoms with Gasteiger partial charge < -0.3 is 5.32 Å². The minimum atomic E-state index is 0.0819. The van der Waals surface area contributed by atoms with E-state index in [1.54, 1.807) is 0 Å². The topological polar surface area (TPSA) is 12.0 Å². The molecule has 3 heteroatoms. The van der Waals surface area contributed by atoms with Crippen LogP contribution in [-0.2, 0) is 0 Å². The van der Waals surface area contributed by atoms with Crippen LogP contribution in [0, 0.1) is 0 Å². The van der Waals surface area contributed by atoms with Crippen LogP contribution in [0.3, 0.4) is 0 Å². The third kappa shape index (κ3) is 2.82. The van der Waals surface area contributed by atoms with Crippen LogP contribution in [0.2, 0.25) is 0 Å². The molecule has 2 aliphatic rings. The van der Waals surface area contributed by atoms with Crippen molar-refractivity contribution in [3.8, 4) is 0 Å². The second-order valence-corrected chi connectivity index (χ2v) is 7.59. The maximum Gasteiger partial charge on any atom is 0.113 e. The molecule has 0 saturated carbocycles. The van der Waals surface area contributed by atoms with E-state index in [0.717, 1.165) is 5.46 Å². The average molecular weight is 305 g/mol. The monoisotopic (exact) mass is 305 g/mol. The van der Waals surface area contributed by atoms with E-state index >= 15 is 0 Å². The van der Waals surface area contributed by atoms with Crippen molar-refractivity contribution in [2.45, 2.75) is 24.6 Å². The van der Waals surface area contributed by atoms with Gasteiger partial charge in [0.05, 0.1) is 6.04 Å². The van der Waals surface area contributed by atoms with E-state index in [1.165, 1.54) is 22.3 Å². The van der Waals surface area contributed by atoms with E-state index in [1.807, 2.05) is 30.1 Å². The van der Waals surface area contributed by atoms with Gasteiger partial charge in [-0.05, 0) is 54.7 Å². The molecule has 0 bridgehead atoms. The van der Waals surface area contributed by atoms with Crippen molar-refractivity contribution in [2.75, 3.05) is 6.26 Å². The first-order valence-electron chi connectivity index (χ1n) is 7.49. The summed E-state index contributed by atoms with van der Waals surface area (Å²) in [6.07, 6.45) is 13.1. The molecule has 0 spiro atoms. The summed E-state index contributed by atoms with van der Waals surface area (Å²) in [5.41, 5.74) is 5.91. The number of dihydropyridines is 1. The predicted molar refractivity (Wildman–Crippen MR) is 99.6 cm³/mol. The molecule has 3 rings (SSSR count). The molecule has 0 aromatic heterocycles. The molecule has 0 fully saturated rings. The summed E-state index contributed by atoms with van der Waals surface area (Å²) in [5, 5.41) is 3.47. The van der Waals surface area contributed by atoms with Crippen LogP contribution in [0.15, 0.2) is 65.9 Å². The van der Waals surface area contributed by atoms with Crippen molar-refractivity contribution < 1.29 is 0 Å². The van der Waals surface area contributed by atoms with Crippen molar-refractivity contribution in [1.29, 1.82) is 0 Å². The zero-order valence-electron chi connectivity index (χ0n) is 13.3. The number of hydrogen-bond donors (Lipinski definition) is 1. The van der Waals surface area contributed by atoms with Gasteiger partial charge in [-0.25, -0.2) is 0 Å². The summed E-state index contributed by atoms with van der Waals surface area (Å²) in [5.74, 6) is 0. The maximum atomic E-state index is 5.98. The van der Waals surface area contributed by atoms with Gasteiger partial charge in [-0.2, -0.15) is 11.8 Å². The number of allylic oxidation sites excluding steroid dienone is 3. The van der Waals surface area contributed by atoms with E-state index < -0.39 is 0 Å². The minimum Gasteiger partial charge on any atom is -0.380 e. The van der Waals surface area contributed by atoms with E-state index in [9.17, 15) is 0 Å². The molecule has 1 N–H and O–H groups in total. The zero-order chi connectivity index (χ0) is 15.7. The first kappa shape index (κ1) is 15.3. The Kier molecular flexibility index (Phi) is 4.09. The van der Waals surface area contributed by atoms with Crippen LogP contribution in [0.1, 0.15) is 19.4 Å². The van der Waals surface area contributed by atoms with E-state index in [-0.39, 0.29) is 10.8 Å². The van der Waals surface area contributed by atoms with Crippen LogP contribution >= 0.6 is 11.8 Å². The molecule has 1 aromatic rings. The lowest BCUT2D eigenvalue weighted by Gasteiger charge is -2.34. The summed E-state index contributed by atoms with van der Waals surface area (Å²) in [6, 6.07) is 8.34. The molecule has 110 valence electrons. The summed E-state index contributed by atoms with van der Waals surface area (Å²) in [7, 11) is 5.98. The van der Waals surface area contributed by atoms with Gasteiger partial charge >= 0.3 is 0 Å². The Hall–Kier alpha value is -1.61. The molecule has 22 heavy (non-hydrogen) atoms. The molecular formula is C19H20BNS. The lowest BCUT2D eigenvalue weighted by Crippen LogP contribution is -2.33. The van der Waals surface area contributed by atoms with Crippen LogP contribution in [0.4, 0.5) is 0 Å². The molecule has 1 aliphatic heterocycles. The Morgan fingerprint density at radius 1 is 1.23 bits per heavy atom.